The summed E-state index contributed by atoms with van der Waals surface area (Å²) in [6.07, 6.45) is 1.64. The second-order valence-electron chi connectivity index (χ2n) is 6.50. The number of benzene rings is 1. The molecule has 4 rings (SSSR count). The lowest BCUT2D eigenvalue weighted by atomic mass is 10.1. The Morgan fingerprint density at radius 3 is 2.76 bits per heavy atom. The highest BCUT2D eigenvalue weighted by Crippen LogP contribution is 2.39. The minimum Gasteiger partial charge on any atom is -0.447 e. The van der Waals surface area contributed by atoms with Crippen molar-refractivity contribution in [2.24, 2.45) is 5.92 Å². The van der Waals surface area contributed by atoms with Crippen molar-refractivity contribution in [1.29, 1.82) is 0 Å². The van der Waals surface area contributed by atoms with Crippen molar-refractivity contribution in [3.63, 3.8) is 0 Å². The molecule has 2 aromatic rings. The predicted molar refractivity (Wildman–Crippen MR) is 90.8 cm³/mol. The molecule has 6 nitrogen and oxygen atoms in total. The molecule has 0 radical (unpaired) electrons. The second-order valence-corrected chi connectivity index (χ2v) is 6.50. The number of nitrogens with zero attached hydrogens (tertiary/aromatic N) is 3. The summed E-state index contributed by atoms with van der Waals surface area (Å²) in [6.45, 7) is 2.28. The van der Waals surface area contributed by atoms with Crippen LogP contribution in [0.25, 0.3) is 0 Å². The molecule has 1 aliphatic carbocycles. The van der Waals surface area contributed by atoms with Crippen LogP contribution in [0.4, 0.5) is 21.0 Å². The molecule has 1 saturated heterocycles. The summed E-state index contributed by atoms with van der Waals surface area (Å²) < 4.78 is 19.2. The van der Waals surface area contributed by atoms with E-state index in [1.165, 1.54) is 11.0 Å². The average Bonchev–Trinajstić information content (AvgIpc) is 3.37. The predicted octanol–water partition coefficient (Wildman–Crippen LogP) is 3.52. The van der Waals surface area contributed by atoms with Gasteiger partial charge in [-0.1, -0.05) is 30.3 Å². The molecule has 2 aliphatic rings. The number of nitrogens with one attached hydrogen (secondary N) is 1. The zero-order valence-corrected chi connectivity index (χ0v) is 13.9. The summed E-state index contributed by atoms with van der Waals surface area (Å²) in [5.41, 5.74) is 1.04. The van der Waals surface area contributed by atoms with E-state index in [2.05, 4.69) is 15.3 Å². The van der Waals surface area contributed by atoms with Crippen LogP contribution in [0, 0.1) is 11.9 Å². The lowest BCUT2D eigenvalue weighted by Gasteiger charge is -2.21. The maximum Gasteiger partial charge on any atom is 0.415 e. The summed E-state index contributed by atoms with van der Waals surface area (Å²) >= 11 is 0. The highest BCUT2D eigenvalue weighted by molar-refractivity contribution is 5.89. The van der Waals surface area contributed by atoms with Crippen molar-refractivity contribution < 1.29 is 13.9 Å². The van der Waals surface area contributed by atoms with Crippen LogP contribution >= 0.6 is 0 Å². The minimum atomic E-state index is -0.679. The molecular formula is C18H19FN4O2. The van der Waals surface area contributed by atoms with Crippen LogP contribution in [-0.2, 0) is 4.74 Å². The molecule has 2 fully saturated rings. The number of rotatable bonds is 5. The number of hydrogen-bond acceptors (Lipinski definition) is 5. The molecule has 1 unspecified atom stereocenters. The van der Waals surface area contributed by atoms with Gasteiger partial charge >= 0.3 is 6.09 Å². The molecule has 0 bridgehead atoms. The van der Waals surface area contributed by atoms with Gasteiger partial charge in [0, 0.05) is 6.07 Å². The minimum absolute atomic E-state index is 0.0683. The lowest BCUT2D eigenvalue weighted by molar-refractivity contribution is 0.178. The fraction of sp³-hybridized carbons (Fsp3) is 0.389. The highest BCUT2D eigenvalue weighted by Gasteiger charge is 2.44. The van der Waals surface area contributed by atoms with Crippen LogP contribution < -0.4 is 10.2 Å². The van der Waals surface area contributed by atoms with E-state index in [1.807, 2.05) is 37.3 Å². The number of cyclic esters (lactones) is 1. The van der Waals surface area contributed by atoms with Crippen LogP contribution in [0.5, 0.6) is 0 Å². The summed E-state index contributed by atoms with van der Waals surface area (Å²) in [5.74, 6) is 0.126. The molecule has 1 aromatic carbocycles. The molecular weight excluding hydrogens is 323 g/mol. The van der Waals surface area contributed by atoms with Crippen LogP contribution in [-0.4, -0.2) is 28.7 Å². The zero-order chi connectivity index (χ0) is 17.4. The fourth-order valence-corrected chi connectivity index (χ4v) is 3.14. The van der Waals surface area contributed by atoms with Gasteiger partial charge in [-0.3, -0.25) is 4.90 Å². The molecule has 25 heavy (non-hydrogen) atoms. The molecule has 2 atom stereocenters. The van der Waals surface area contributed by atoms with Crippen LogP contribution in [0.1, 0.15) is 31.4 Å². The zero-order valence-electron chi connectivity index (χ0n) is 13.9. The number of carbonyl (C=O) groups excluding carboxylic acids is 1. The van der Waals surface area contributed by atoms with Crippen molar-refractivity contribution in [3.05, 3.63) is 47.9 Å². The Morgan fingerprint density at radius 2 is 2.04 bits per heavy atom. The Labute approximate surface area is 145 Å². The number of aromatic nitrogens is 2. The topological polar surface area (TPSA) is 67.4 Å². The highest BCUT2D eigenvalue weighted by atomic mass is 19.1. The number of carbonyl (C=O) groups is 1. The van der Waals surface area contributed by atoms with Crippen LogP contribution in [0.15, 0.2) is 36.4 Å². The molecule has 1 N–H and O–H groups in total. The molecule has 130 valence electrons. The third-order valence-corrected chi connectivity index (χ3v) is 4.65. The van der Waals surface area contributed by atoms with Gasteiger partial charge in [0.1, 0.15) is 12.4 Å². The normalized spacial score (nSPS) is 21.1. The van der Waals surface area contributed by atoms with Crippen molar-refractivity contribution in [1.82, 2.24) is 9.97 Å². The fourth-order valence-electron chi connectivity index (χ4n) is 3.14. The lowest BCUT2D eigenvalue weighted by Crippen LogP contribution is -2.36. The molecule has 1 saturated carbocycles. The quantitative estimate of drug-likeness (QED) is 0.842. The van der Waals surface area contributed by atoms with E-state index in [9.17, 15) is 9.18 Å². The first-order valence-electron chi connectivity index (χ1n) is 8.44. The van der Waals surface area contributed by atoms with Crippen molar-refractivity contribution >= 4 is 17.9 Å². The standard InChI is InChI=1S/C18H19FN4O2/c1-11(12-5-3-2-4-6-12)20-17-21-15(19)9-16(22-17)23-14(13-7-8-13)10-25-18(23)24/h2-6,9,11,13-14H,7-8,10H2,1H3,(H,20,21,22)/t11-,14?/m0/s1. The van der Waals surface area contributed by atoms with Crippen molar-refractivity contribution in [2.75, 3.05) is 16.8 Å². The van der Waals surface area contributed by atoms with Gasteiger partial charge in [-0.2, -0.15) is 14.4 Å². The van der Waals surface area contributed by atoms with Gasteiger partial charge in [-0.25, -0.2) is 4.79 Å². The molecule has 1 aromatic heterocycles. The van der Waals surface area contributed by atoms with Gasteiger partial charge in [0.15, 0.2) is 0 Å². The summed E-state index contributed by atoms with van der Waals surface area (Å²) in [6, 6.07) is 10.8. The Balaban J connectivity index is 1.59. The summed E-state index contributed by atoms with van der Waals surface area (Å²) in [5, 5.41) is 3.10. The Kier molecular flexibility index (Phi) is 3.99. The molecule has 1 amide bonds. The first-order valence-corrected chi connectivity index (χ1v) is 8.44. The van der Waals surface area contributed by atoms with E-state index in [4.69, 9.17) is 4.74 Å². The van der Waals surface area contributed by atoms with Crippen molar-refractivity contribution in [3.8, 4) is 0 Å². The monoisotopic (exact) mass is 342 g/mol. The van der Waals surface area contributed by atoms with E-state index in [0.717, 1.165) is 18.4 Å². The average molecular weight is 342 g/mol. The molecule has 7 heteroatoms. The Morgan fingerprint density at radius 1 is 1.28 bits per heavy atom. The van der Waals surface area contributed by atoms with E-state index >= 15 is 0 Å². The molecule has 0 spiro atoms. The smallest absolute Gasteiger partial charge is 0.415 e. The molecule has 1 aliphatic heterocycles. The van der Waals surface area contributed by atoms with Gasteiger partial charge in [0.2, 0.25) is 11.9 Å². The van der Waals surface area contributed by atoms with Crippen LogP contribution in [0.3, 0.4) is 0 Å². The number of halogens is 1. The van der Waals surface area contributed by atoms with E-state index < -0.39 is 12.0 Å². The van der Waals surface area contributed by atoms with Gasteiger partial charge < -0.3 is 10.1 Å². The first kappa shape index (κ1) is 15.8. The Hall–Kier alpha value is -2.70. The third-order valence-electron chi connectivity index (χ3n) is 4.65. The second kappa shape index (κ2) is 6.31. The summed E-state index contributed by atoms with van der Waals surface area (Å²) in [4.78, 5) is 21.7. The number of hydrogen-bond donors (Lipinski definition) is 1. The summed E-state index contributed by atoms with van der Waals surface area (Å²) in [7, 11) is 0. The number of anilines is 2. The Bertz CT molecular complexity index is 782. The van der Waals surface area contributed by atoms with Gasteiger partial charge in [0.05, 0.1) is 12.1 Å². The largest absolute Gasteiger partial charge is 0.447 e. The number of amides is 1. The van der Waals surface area contributed by atoms with Crippen molar-refractivity contribution in [2.45, 2.75) is 31.8 Å². The maximum atomic E-state index is 14.0. The van der Waals surface area contributed by atoms with Crippen LogP contribution in [0.2, 0.25) is 0 Å². The first-order chi connectivity index (χ1) is 12.1. The number of ether oxygens (including phenoxy) is 1. The van der Waals surface area contributed by atoms with E-state index in [0.29, 0.717) is 12.5 Å². The van der Waals surface area contributed by atoms with Gasteiger partial charge in [-0.05, 0) is 31.2 Å². The third kappa shape index (κ3) is 3.26. The van der Waals surface area contributed by atoms with Gasteiger partial charge in [-0.15, -0.1) is 0 Å². The van der Waals surface area contributed by atoms with E-state index in [-0.39, 0.29) is 23.8 Å². The van der Waals surface area contributed by atoms with E-state index in [1.54, 1.807) is 0 Å². The maximum absolute atomic E-state index is 14.0. The van der Waals surface area contributed by atoms with Gasteiger partial charge in [0.25, 0.3) is 0 Å². The SMILES string of the molecule is C[C@H](Nc1nc(F)cc(N2C(=O)OCC2C2CC2)n1)c1ccccc1. The molecule has 2 heterocycles.